The van der Waals surface area contributed by atoms with Gasteiger partial charge in [-0.2, -0.15) is 0 Å². The summed E-state index contributed by atoms with van der Waals surface area (Å²) >= 11 is 5.32. The van der Waals surface area contributed by atoms with Crippen LogP contribution in [0, 0.1) is 0 Å². The molecule has 0 unspecified atom stereocenters. The largest absolute Gasteiger partial charge is 0.466 e. The average Bonchev–Trinajstić information content (AvgIpc) is 2.34. The Labute approximate surface area is 122 Å². The molecule has 0 radical (unpaired) electrons. The highest BCUT2D eigenvalue weighted by Gasteiger charge is 2.01. The second-order valence-corrected chi connectivity index (χ2v) is 6.01. The minimum absolute atomic E-state index is 0.0721. The van der Waals surface area contributed by atoms with E-state index in [9.17, 15) is 4.79 Å². The summed E-state index contributed by atoms with van der Waals surface area (Å²) in [5.74, 6) is 1.02. The maximum Gasteiger partial charge on any atom is 0.305 e. The summed E-state index contributed by atoms with van der Waals surface area (Å²) in [6.45, 7) is 2.32. The Morgan fingerprint density at radius 2 is 2.17 bits per heavy atom. The van der Waals surface area contributed by atoms with Crippen molar-refractivity contribution in [1.82, 2.24) is 0 Å². The molecule has 4 heteroatoms. The monoisotopic (exact) mass is 330 g/mol. The molecular weight excluding hydrogens is 312 g/mol. The van der Waals surface area contributed by atoms with Gasteiger partial charge in [-0.3, -0.25) is 4.79 Å². The fourth-order valence-electron chi connectivity index (χ4n) is 1.53. The van der Waals surface area contributed by atoms with Crippen molar-refractivity contribution in [3.8, 4) is 0 Å². The minimum atomic E-state index is -0.0721. The van der Waals surface area contributed by atoms with Gasteiger partial charge in [0.05, 0.1) is 6.61 Å². The number of carbonyl (C=O) groups is 1. The number of hydrogen-bond acceptors (Lipinski definition) is 3. The molecule has 1 aromatic carbocycles. The summed E-state index contributed by atoms with van der Waals surface area (Å²) in [5.41, 5.74) is 0. The van der Waals surface area contributed by atoms with Gasteiger partial charge in [0.25, 0.3) is 0 Å². The van der Waals surface area contributed by atoms with E-state index in [0.29, 0.717) is 13.0 Å². The predicted molar refractivity (Wildman–Crippen MR) is 80.0 cm³/mol. The van der Waals surface area contributed by atoms with Crippen molar-refractivity contribution in [2.45, 2.75) is 37.5 Å². The molecule has 1 rings (SSSR count). The summed E-state index contributed by atoms with van der Waals surface area (Å²) in [6.07, 6.45) is 3.70. The Morgan fingerprint density at radius 1 is 1.33 bits per heavy atom. The van der Waals surface area contributed by atoms with Crippen molar-refractivity contribution < 1.29 is 9.53 Å². The molecule has 0 amide bonds. The van der Waals surface area contributed by atoms with Crippen molar-refractivity contribution in [1.29, 1.82) is 0 Å². The number of esters is 1. The van der Waals surface area contributed by atoms with Gasteiger partial charge < -0.3 is 4.74 Å². The SMILES string of the molecule is CCOC(=O)CCCCCSc1cccc(Br)c1. The number of ether oxygens (including phenoxy) is 1. The highest BCUT2D eigenvalue weighted by molar-refractivity contribution is 9.10. The molecule has 0 heterocycles. The third-order valence-electron chi connectivity index (χ3n) is 2.40. The van der Waals surface area contributed by atoms with Crippen LogP contribution in [0.3, 0.4) is 0 Å². The highest BCUT2D eigenvalue weighted by atomic mass is 79.9. The lowest BCUT2D eigenvalue weighted by molar-refractivity contribution is -0.143. The van der Waals surface area contributed by atoms with E-state index < -0.39 is 0 Å². The van der Waals surface area contributed by atoms with Crippen LogP contribution >= 0.6 is 27.7 Å². The first kappa shape index (κ1) is 15.6. The summed E-state index contributed by atoms with van der Waals surface area (Å²) in [6, 6.07) is 8.33. The lowest BCUT2D eigenvalue weighted by Gasteiger charge is -2.03. The first-order valence-corrected chi connectivity index (χ1v) is 8.04. The van der Waals surface area contributed by atoms with Crippen LogP contribution in [0.4, 0.5) is 0 Å². The fraction of sp³-hybridized carbons (Fsp3) is 0.500. The fourth-order valence-corrected chi connectivity index (χ4v) is 3.05. The van der Waals surface area contributed by atoms with Gasteiger partial charge >= 0.3 is 5.97 Å². The smallest absolute Gasteiger partial charge is 0.305 e. The van der Waals surface area contributed by atoms with E-state index >= 15 is 0 Å². The molecule has 0 fully saturated rings. The molecule has 2 nitrogen and oxygen atoms in total. The normalized spacial score (nSPS) is 10.3. The molecule has 0 saturated heterocycles. The number of benzene rings is 1. The van der Waals surface area contributed by atoms with E-state index in [1.54, 1.807) is 0 Å². The molecule has 18 heavy (non-hydrogen) atoms. The van der Waals surface area contributed by atoms with Gasteiger partial charge in [0.15, 0.2) is 0 Å². The first-order chi connectivity index (χ1) is 8.72. The molecule has 0 saturated carbocycles. The van der Waals surface area contributed by atoms with Crippen LogP contribution in [0.25, 0.3) is 0 Å². The zero-order chi connectivity index (χ0) is 13.2. The molecule has 100 valence electrons. The Balaban J connectivity index is 2.04. The van der Waals surface area contributed by atoms with E-state index in [1.165, 1.54) is 4.90 Å². The van der Waals surface area contributed by atoms with Crippen LogP contribution in [-0.4, -0.2) is 18.3 Å². The van der Waals surface area contributed by atoms with E-state index in [1.807, 2.05) is 30.8 Å². The number of rotatable bonds is 8. The quantitative estimate of drug-likeness (QED) is 0.393. The van der Waals surface area contributed by atoms with Crippen molar-refractivity contribution >= 4 is 33.7 Å². The second-order valence-electron chi connectivity index (χ2n) is 3.92. The summed E-state index contributed by atoms with van der Waals surface area (Å²) in [5, 5.41) is 0. The van der Waals surface area contributed by atoms with Gasteiger partial charge in [-0.25, -0.2) is 0 Å². The Hall–Kier alpha value is -0.480. The number of halogens is 1. The van der Waals surface area contributed by atoms with Crippen molar-refractivity contribution in [2.75, 3.05) is 12.4 Å². The van der Waals surface area contributed by atoms with E-state index in [2.05, 4.69) is 28.1 Å². The van der Waals surface area contributed by atoms with Crippen molar-refractivity contribution in [2.24, 2.45) is 0 Å². The molecule has 0 aliphatic heterocycles. The third kappa shape index (κ3) is 7.07. The lowest BCUT2D eigenvalue weighted by Crippen LogP contribution is -2.03. The van der Waals surface area contributed by atoms with Crippen LogP contribution in [0.1, 0.15) is 32.6 Å². The molecule has 0 aliphatic carbocycles. The summed E-state index contributed by atoms with van der Waals surface area (Å²) in [4.78, 5) is 12.4. The van der Waals surface area contributed by atoms with Crippen LogP contribution in [0.5, 0.6) is 0 Å². The number of carbonyl (C=O) groups excluding carboxylic acids is 1. The molecule has 1 aromatic rings. The molecule has 0 spiro atoms. The maximum atomic E-state index is 11.1. The molecule has 0 aliphatic rings. The van der Waals surface area contributed by atoms with Crippen LogP contribution in [-0.2, 0) is 9.53 Å². The number of thioether (sulfide) groups is 1. The van der Waals surface area contributed by atoms with Crippen LogP contribution in [0.2, 0.25) is 0 Å². The van der Waals surface area contributed by atoms with Gasteiger partial charge in [-0.15, -0.1) is 11.8 Å². The zero-order valence-corrected chi connectivity index (χ0v) is 13.1. The van der Waals surface area contributed by atoms with Crippen LogP contribution < -0.4 is 0 Å². The van der Waals surface area contributed by atoms with Gasteiger partial charge in [0, 0.05) is 15.8 Å². The standard InChI is InChI=1S/C14H19BrO2S/c1-2-17-14(16)9-4-3-5-10-18-13-8-6-7-12(15)11-13/h6-8,11H,2-5,9-10H2,1H3. The van der Waals surface area contributed by atoms with Gasteiger partial charge in [-0.1, -0.05) is 28.4 Å². The Bertz CT molecular complexity index is 369. The second kappa shape index (κ2) is 9.45. The topological polar surface area (TPSA) is 26.3 Å². The summed E-state index contributed by atoms with van der Waals surface area (Å²) < 4.78 is 6.00. The van der Waals surface area contributed by atoms with Crippen LogP contribution in [0.15, 0.2) is 33.6 Å². The highest BCUT2D eigenvalue weighted by Crippen LogP contribution is 2.23. The maximum absolute atomic E-state index is 11.1. The van der Waals surface area contributed by atoms with Gasteiger partial charge in [0.1, 0.15) is 0 Å². The van der Waals surface area contributed by atoms with Crippen molar-refractivity contribution in [3.63, 3.8) is 0 Å². The Kier molecular flexibility index (Phi) is 8.18. The minimum Gasteiger partial charge on any atom is -0.466 e. The van der Waals surface area contributed by atoms with E-state index in [-0.39, 0.29) is 5.97 Å². The first-order valence-electron chi connectivity index (χ1n) is 6.26. The summed E-state index contributed by atoms with van der Waals surface area (Å²) in [7, 11) is 0. The number of hydrogen-bond donors (Lipinski definition) is 0. The third-order valence-corrected chi connectivity index (χ3v) is 3.97. The van der Waals surface area contributed by atoms with Gasteiger partial charge in [0.2, 0.25) is 0 Å². The molecule has 0 aromatic heterocycles. The average molecular weight is 331 g/mol. The zero-order valence-electron chi connectivity index (χ0n) is 10.7. The number of unbranched alkanes of at least 4 members (excludes halogenated alkanes) is 2. The molecular formula is C14H19BrO2S. The molecule has 0 N–H and O–H groups in total. The van der Waals surface area contributed by atoms with E-state index in [0.717, 1.165) is 29.5 Å². The van der Waals surface area contributed by atoms with Crippen molar-refractivity contribution in [3.05, 3.63) is 28.7 Å². The molecule has 0 atom stereocenters. The van der Waals surface area contributed by atoms with Gasteiger partial charge in [-0.05, 0) is 43.7 Å². The lowest BCUT2D eigenvalue weighted by atomic mass is 10.2. The van der Waals surface area contributed by atoms with E-state index in [4.69, 9.17) is 4.74 Å². The Morgan fingerprint density at radius 3 is 2.89 bits per heavy atom. The molecule has 0 bridgehead atoms. The predicted octanol–water partition coefficient (Wildman–Crippen LogP) is 4.66.